The Labute approximate surface area is 184 Å². The van der Waals surface area contributed by atoms with E-state index in [2.05, 4.69) is 6.92 Å². The zero-order valence-corrected chi connectivity index (χ0v) is 18.3. The molecule has 8 heteroatoms. The van der Waals surface area contributed by atoms with Gasteiger partial charge in [0.2, 0.25) is 6.79 Å². The Hall–Kier alpha value is -2.71. The van der Waals surface area contributed by atoms with Gasteiger partial charge in [-0.1, -0.05) is 37.0 Å². The highest BCUT2D eigenvalue weighted by Gasteiger charge is 2.34. The van der Waals surface area contributed by atoms with Crippen molar-refractivity contribution in [3.63, 3.8) is 0 Å². The fourth-order valence-electron chi connectivity index (χ4n) is 3.08. The van der Waals surface area contributed by atoms with Crippen molar-refractivity contribution in [2.45, 2.75) is 20.3 Å². The number of rotatable bonds is 7. The lowest BCUT2D eigenvalue weighted by Crippen LogP contribution is -2.27. The predicted octanol–water partition coefficient (Wildman–Crippen LogP) is 5.01. The molecule has 1 saturated heterocycles. The SMILES string of the molecule is CCCOc1ccc(/C=C2\SC(=S)N(c3ccc4c(c3)OCO4)C2=O)cc1OCC. The molecule has 0 aromatic heterocycles. The van der Waals surface area contributed by atoms with E-state index in [1.54, 1.807) is 18.2 Å². The molecule has 0 radical (unpaired) electrons. The van der Waals surface area contributed by atoms with Crippen molar-refractivity contribution in [3.8, 4) is 23.0 Å². The van der Waals surface area contributed by atoms with Crippen LogP contribution in [0, 0.1) is 0 Å². The minimum Gasteiger partial charge on any atom is -0.490 e. The number of carbonyl (C=O) groups is 1. The monoisotopic (exact) mass is 443 g/mol. The molecule has 1 fully saturated rings. The van der Waals surface area contributed by atoms with Crippen molar-refractivity contribution < 1.29 is 23.7 Å². The van der Waals surface area contributed by atoms with Crippen LogP contribution in [-0.2, 0) is 4.79 Å². The lowest BCUT2D eigenvalue weighted by Gasteiger charge is -2.15. The summed E-state index contributed by atoms with van der Waals surface area (Å²) >= 11 is 6.73. The maximum Gasteiger partial charge on any atom is 0.270 e. The van der Waals surface area contributed by atoms with Crippen molar-refractivity contribution in [3.05, 3.63) is 46.9 Å². The third-order valence-corrected chi connectivity index (χ3v) is 5.74. The molecular formula is C22H21NO5S2. The summed E-state index contributed by atoms with van der Waals surface area (Å²) in [4.78, 5) is 15.1. The molecule has 2 aromatic rings. The van der Waals surface area contributed by atoms with Gasteiger partial charge in [-0.05, 0) is 49.2 Å². The van der Waals surface area contributed by atoms with Gasteiger partial charge in [0.05, 0.1) is 23.8 Å². The molecule has 6 nitrogen and oxygen atoms in total. The van der Waals surface area contributed by atoms with Gasteiger partial charge in [-0.15, -0.1) is 0 Å². The Morgan fingerprint density at radius 2 is 1.93 bits per heavy atom. The number of thioether (sulfide) groups is 1. The van der Waals surface area contributed by atoms with E-state index in [1.807, 2.05) is 31.2 Å². The number of thiocarbonyl (C=S) groups is 1. The minimum atomic E-state index is -0.173. The molecule has 1 amide bonds. The van der Waals surface area contributed by atoms with E-state index in [0.29, 0.717) is 51.1 Å². The summed E-state index contributed by atoms with van der Waals surface area (Å²) in [6, 6.07) is 11.0. The van der Waals surface area contributed by atoms with Crippen LogP contribution in [0.1, 0.15) is 25.8 Å². The average molecular weight is 444 g/mol. The lowest BCUT2D eigenvalue weighted by atomic mass is 10.1. The van der Waals surface area contributed by atoms with Gasteiger partial charge in [-0.3, -0.25) is 9.69 Å². The standard InChI is InChI=1S/C22H21NO5S2/c1-3-9-26-16-7-5-14(10-18(16)25-4-2)11-20-21(24)23(22(29)30-20)15-6-8-17-19(12-15)28-13-27-17/h5-8,10-12H,3-4,9,13H2,1-2H3/b20-11-. The van der Waals surface area contributed by atoms with E-state index in [9.17, 15) is 4.79 Å². The number of hydrogen-bond acceptors (Lipinski definition) is 7. The largest absolute Gasteiger partial charge is 0.490 e. The number of fused-ring (bicyclic) bond motifs is 1. The normalized spacial score (nSPS) is 16.5. The van der Waals surface area contributed by atoms with Crippen LogP contribution in [-0.4, -0.2) is 30.2 Å². The van der Waals surface area contributed by atoms with Gasteiger partial charge in [0.15, 0.2) is 27.3 Å². The summed E-state index contributed by atoms with van der Waals surface area (Å²) < 4.78 is 22.7. The second-order valence-electron chi connectivity index (χ2n) is 6.54. The number of amides is 1. The summed E-state index contributed by atoms with van der Waals surface area (Å²) in [5, 5.41) is 0. The summed E-state index contributed by atoms with van der Waals surface area (Å²) in [5.41, 5.74) is 1.50. The Bertz CT molecular complexity index is 1020. The molecule has 0 aliphatic carbocycles. The Morgan fingerprint density at radius 3 is 2.73 bits per heavy atom. The van der Waals surface area contributed by atoms with E-state index in [1.165, 1.54) is 16.7 Å². The summed E-state index contributed by atoms with van der Waals surface area (Å²) in [6.07, 6.45) is 2.73. The van der Waals surface area contributed by atoms with Crippen LogP contribution in [0.3, 0.4) is 0 Å². The Kier molecular flexibility index (Phi) is 6.15. The van der Waals surface area contributed by atoms with Gasteiger partial charge < -0.3 is 18.9 Å². The number of benzene rings is 2. The van der Waals surface area contributed by atoms with E-state index in [4.69, 9.17) is 31.2 Å². The van der Waals surface area contributed by atoms with Crippen LogP contribution >= 0.6 is 24.0 Å². The highest BCUT2D eigenvalue weighted by molar-refractivity contribution is 8.27. The molecule has 0 atom stereocenters. The first kappa shape index (κ1) is 20.6. The molecule has 2 aromatic carbocycles. The first-order valence-electron chi connectivity index (χ1n) is 9.68. The summed E-state index contributed by atoms with van der Waals surface area (Å²) in [5.74, 6) is 2.45. The second-order valence-corrected chi connectivity index (χ2v) is 8.22. The third kappa shape index (κ3) is 4.11. The third-order valence-electron chi connectivity index (χ3n) is 4.44. The van der Waals surface area contributed by atoms with Crippen molar-refractivity contribution in [1.29, 1.82) is 0 Å². The highest BCUT2D eigenvalue weighted by atomic mass is 32.2. The number of ether oxygens (including phenoxy) is 4. The summed E-state index contributed by atoms with van der Waals surface area (Å²) in [6.45, 7) is 5.30. The number of anilines is 1. The number of nitrogens with zero attached hydrogens (tertiary/aromatic N) is 1. The first-order valence-corrected chi connectivity index (χ1v) is 10.9. The van der Waals surface area contributed by atoms with Gasteiger partial charge >= 0.3 is 0 Å². The predicted molar refractivity (Wildman–Crippen MR) is 122 cm³/mol. The van der Waals surface area contributed by atoms with Crippen molar-refractivity contribution >= 4 is 46.0 Å². The molecule has 0 N–H and O–H groups in total. The van der Waals surface area contributed by atoms with Crippen LogP contribution in [0.15, 0.2) is 41.3 Å². The quantitative estimate of drug-likeness (QED) is 0.440. The molecule has 30 heavy (non-hydrogen) atoms. The van der Waals surface area contributed by atoms with Crippen molar-refractivity contribution in [1.82, 2.24) is 0 Å². The van der Waals surface area contributed by atoms with Gasteiger partial charge in [0.25, 0.3) is 5.91 Å². The fourth-order valence-corrected chi connectivity index (χ4v) is 4.38. The van der Waals surface area contributed by atoms with E-state index in [0.717, 1.165) is 12.0 Å². The molecule has 0 spiro atoms. The average Bonchev–Trinajstić information content (AvgIpc) is 3.31. The molecule has 2 aliphatic rings. The number of hydrogen-bond donors (Lipinski definition) is 0. The molecule has 4 rings (SSSR count). The topological polar surface area (TPSA) is 57.2 Å². The second kappa shape index (κ2) is 8.97. The van der Waals surface area contributed by atoms with Gasteiger partial charge in [0.1, 0.15) is 0 Å². The first-order chi connectivity index (χ1) is 14.6. The summed E-state index contributed by atoms with van der Waals surface area (Å²) in [7, 11) is 0. The molecule has 0 saturated carbocycles. The molecule has 0 unspecified atom stereocenters. The lowest BCUT2D eigenvalue weighted by molar-refractivity contribution is -0.113. The van der Waals surface area contributed by atoms with E-state index in [-0.39, 0.29) is 12.7 Å². The molecular weight excluding hydrogens is 422 g/mol. The van der Waals surface area contributed by atoms with Gasteiger partial charge in [-0.25, -0.2) is 0 Å². The highest BCUT2D eigenvalue weighted by Crippen LogP contribution is 2.41. The Morgan fingerprint density at radius 1 is 1.10 bits per heavy atom. The van der Waals surface area contributed by atoms with Gasteiger partial charge in [-0.2, -0.15) is 0 Å². The maximum absolute atomic E-state index is 13.1. The zero-order valence-electron chi connectivity index (χ0n) is 16.7. The van der Waals surface area contributed by atoms with Crippen molar-refractivity contribution in [2.24, 2.45) is 0 Å². The van der Waals surface area contributed by atoms with Crippen LogP contribution < -0.4 is 23.8 Å². The molecule has 2 aliphatic heterocycles. The maximum atomic E-state index is 13.1. The molecule has 0 bridgehead atoms. The van der Waals surface area contributed by atoms with E-state index < -0.39 is 0 Å². The van der Waals surface area contributed by atoms with Crippen LogP contribution in [0.25, 0.3) is 6.08 Å². The zero-order chi connectivity index (χ0) is 21.1. The molecule has 156 valence electrons. The molecule has 2 heterocycles. The van der Waals surface area contributed by atoms with Crippen LogP contribution in [0.2, 0.25) is 0 Å². The van der Waals surface area contributed by atoms with Gasteiger partial charge in [0, 0.05) is 6.07 Å². The van der Waals surface area contributed by atoms with Crippen LogP contribution in [0.4, 0.5) is 5.69 Å². The van der Waals surface area contributed by atoms with Crippen LogP contribution in [0.5, 0.6) is 23.0 Å². The fraction of sp³-hybridized carbons (Fsp3) is 0.273. The number of carbonyl (C=O) groups excluding carboxylic acids is 1. The smallest absolute Gasteiger partial charge is 0.270 e. The Balaban J connectivity index is 1.59. The minimum absolute atomic E-state index is 0.173. The van der Waals surface area contributed by atoms with E-state index >= 15 is 0 Å². The van der Waals surface area contributed by atoms with Crippen molar-refractivity contribution in [2.75, 3.05) is 24.9 Å².